The van der Waals surface area contributed by atoms with Crippen molar-refractivity contribution in [2.24, 2.45) is 0 Å². The quantitative estimate of drug-likeness (QED) is 0.525. The molecule has 0 aliphatic heterocycles. The molecule has 8 heavy (non-hydrogen) atoms. The molecule has 0 amide bonds. The zero-order chi connectivity index (χ0) is 8.48. The Kier molecular flexibility index (Phi) is 0.698. The van der Waals surface area contributed by atoms with Gasteiger partial charge in [0.1, 0.15) is 12.2 Å². The van der Waals surface area contributed by atoms with Crippen LogP contribution in [0.4, 0.5) is 0 Å². The van der Waals surface area contributed by atoms with Crippen LogP contribution < -0.4 is 0 Å². The van der Waals surface area contributed by atoms with E-state index in [0.29, 0.717) is 0 Å². The number of aryl methyl sites for hydroxylation is 1. The first-order valence-corrected chi connectivity index (χ1v) is 2.23. The molecule has 0 unspecified atom stereocenters. The number of halogens is 1. The predicted octanol–water partition coefficient (Wildman–Crippen LogP) is 0.833. The lowest BCUT2D eigenvalue weighted by atomic mass is 10.7. The number of hydrogen-bond donors (Lipinski definition) is 0. The Morgan fingerprint density at radius 2 is 2.62 bits per heavy atom. The minimum Gasteiger partial charge on any atom is -0.222 e. The Bertz CT molecular complexity index is 261. The van der Waals surface area contributed by atoms with Crippen LogP contribution in [0.1, 0.15) is 9.94 Å². The molecule has 0 saturated carbocycles. The summed E-state index contributed by atoms with van der Waals surface area (Å²) in [6, 6.07) is 0. The van der Waals surface area contributed by atoms with Crippen molar-refractivity contribution in [3.63, 3.8) is 0 Å². The van der Waals surface area contributed by atoms with Crippen LogP contribution >= 0.6 is 11.6 Å². The fourth-order valence-electron chi connectivity index (χ4n) is 0.276. The van der Waals surface area contributed by atoms with Gasteiger partial charge in [-0.3, -0.25) is 0 Å². The molecule has 42 valence electrons. The monoisotopic (exact) mass is 132 g/mol. The van der Waals surface area contributed by atoms with E-state index in [4.69, 9.17) is 15.7 Å². The van der Waals surface area contributed by atoms with Crippen LogP contribution in [0.5, 0.6) is 0 Å². The average Bonchev–Trinajstić information content (AvgIpc) is 1.86. The maximum Gasteiger partial charge on any atom is 0.225 e. The third-order valence-corrected chi connectivity index (χ3v) is 0.725. The second kappa shape index (κ2) is 2.05. The van der Waals surface area contributed by atoms with Gasteiger partial charge in [0.05, 0.1) is 0 Å². The molecule has 0 saturated heterocycles. The van der Waals surface area contributed by atoms with Crippen molar-refractivity contribution in [1.29, 1.82) is 0 Å². The number of aromatic nitrogens is 3. The highest BCUT2D eigenvalue weighted by atomic mass is 35.5. The van der Waals surface area contributed by atoms with E-state index < -0.39 is 6.85 Å². The van der Waals surface area contributed by atoms with Gasteiger partial charge in [-0.05, 0) is 18.5 Å². The van der Waals surface area contributed by atoms with Crippen LogP contribution in [0.15, 0.2) is 6.33 Å². The molecule has 0 N–H and O–H groups in total. The number of nitrogens with zero attached hydrogens (tertiary/aromatic N) is 3. The van der Waals surface area contributed by atoms with Gasteiger partial charge in [0.2, 0.25) is 5.28 Å². The first-order chi connectivity index (χ1) is 5.00. The van der Waals surface area contributed by atoms with E-state index in [2.05, 4.69) is 15.0 Å². The lowest BCUT2D eigenvalue weighted by molar-refractivity contribution is 0.974. The molecule has 0 fully saturated rings. The van der Waals surface area contributed by atoms with Crippen molar-refractivity contribution in [2.45, 2.75) is 6.85 Å². The molecule has 0 aliphatic carbocycles. The van der Waals surface area contributed by atoms with E-state index >= 15 is 0 Å². The van der Waals surface area contributed by atoms with Gasteiger partial charge >= 0.3 is 0 Å². The van der Waals surface area contributed by atoms with Crippen LogP contribution in [0.3, 0.4) is 0 Å². The van der Waals surface area contributed by atoms with E-state index in [-0.39, 0.29) is 11.1 Å². The summed E-state index contributed by atoms with van der Waals surface area (Å²) in [6.07, 6.45) is 1.07. The number of rotatable bonds is 0. The highest BCUT2D eigenvalue weighted by molar-refractivity contribution is 6.28. The summed E-state index contributed by atoms with van der Waals surface area (Å²) in [6.45, 7) is -2.31. The molecule has 1 aromatic heterocycles. The fourth-order valence-corrected chi connectivity index (χ4v) is 0.400. The summed E-state index contributed by atoms with van der Waals surface area (Å²) >= 11 is 5.34. The largest absolute Gasteiger partial charge is 0.225 e. The minimum absolute atomic E-state index is 0.105. The first-order valence-electron chi connectivity index (χ1n) is 3.35. The lowest BCUT2D eigenvalue weighted by Gasteiger charge is -1.86. The highest BCUT2D eigenvalue weighted by Crippen LogP contribution is 1.94. The Morgan fingerprint density at radius 3 is 3.12 bits per heavy atom. The van der Waals surface area contributed by atoms with E-state index in [9.17, 15) is 0 Å². The fraction of sp³-hybridized carbons (Fsp3) is 0.250. The second-order valence-electron chi connectivity index (χ2n) is 1.08. The average molecular weight is 133 g/mol. The summed E-state index contributed by atoms with van der Waals surface area (Å²) in [7, 11) is 0. The van der Waals surface area contributed by atoms with Gasteiger partial charge in [-0.1, -0.05) is 0 Å². The Morgan fingerprint density at radius 1 is 1.75 bits per heavy atom. The lowest BCUT2D eigenvalue weighted by Crippen LogP contribution is -1.87. The van der Waals surface area contributed by atoms with Crippen LogP contribution in [-0.2, 0) is 0 Å². The van der Waals surface area contributed by atoms with E-state index in [1.807, 2.05) is 0 Å². The van der Waals surface area contributed by atoms with Gasteiger partial charge in [0.15, 0.2) is 0 Å². The molecule has 0 aromatic carbocycles. The third kappa shape index (κ3) is 1.13. The van der Waals surface area contributed by atoms with Crippen molar-refractivity contribution >= 4 is 11.6 Å². The van der Waals surface area contributed by atoms with Crippen LogP contribution in [0, 0.1) is 6.85 Å². The summed E-state index contributed by atoms with van der Waals surface area (Å²) in [4.78, 5) is 10.3. The molecule has 3 nitrogen and oxygen atoms in total. The van der Waals surface area contributed by atoms with E-state index in [1.54, 1.807) is 0 Å². The minimum atomic E-state index is -2.31. The zero-order valence-electron chi connectivity index (χ0n) is 6.80. The van der Waals surface area contributed by atoms with Gasteiger partial charge in [0.25, 0.3) is 0 Å². The zero-order valence-corrected chi connectivity index (χ0v) is 4.55. The van der Waals surface area contributed by atoms with E-state index in [1.165, 1.54) is 0 Å². The SMILES string of the molecule is [2H]C([2H])([2H])c1ncnc(Cl)n1. The highest BCUT2D eigenvalue weighted by Gasteiger charge is 1.87. The van der Waals surface area contributed by atoms with Crippen LogP contribution in [0.25, 0.3) is 0 Å². The smallest absolute Gasteiger partial charge is 0.222 e. The van der Waals surface area contributed by atoms with Crippen molar-refractivity contribution in [3.8, 4) is 0 Å². The predicted molar refractivity (Wildman–Crippen MR) is 29.6 cm³/mol. The summed E-state index contributed by atoms with van der Waals surface area (Å²) in [5, 5.41) is -0.105. The third-order valence-electron chi connectivity index (χ3n) is 0.542. The summed E-state index contributed by atoms with van der Waals surface area (Å²) < 4.78 is 20.7. The molecule has 1 rings (SSSR count). The van der Waals surface area contributed by atoms with Crippen molar-refractivity contribution in [1.82, 2.24) is 15.0 Å². The van der Waals surface area contributed by atoms with E-state index in [0.717, 1.165) is 6.33 Å². The Hall–Kier alpha value is -0.700. The van der Waals surface area contributed by atoms with Gasteiger partial charge in [-0.15, -0.1) is 0 Å². The second-order valence-corrected chi connectivity index (χ2v) is 1.42. The van der Waals surface area contributed by atoms with Gasteiger partial charge in [-0.25, -0.2) is 15.0 Å². The Balaban J connectivity index is 3.06. The molecule has 4 heteroatoms. The standard InChI is InChI=1S/C4H4ClN3/c1-3-6-2-7-4(5)8-3/h2H,1H3/i1D3. The maximum atomic E-state index is 6.89. The van der Waals surface area contributed by atoms with Crippen LogP contribution in [-0.4, -0.2) is 15.0 Å². The first kappa shape index (κ1) is 2.73. The van der Waals surface area contributed by atoms with Crippen molar-refractivity contribution < 1.29 is 4.11 Å². The van der Waals surface area contributed by atoms with Crippen molar-refractivity contribution in [2.75, 3.05) is 0 Å². The molecule has 0 bridgehead atoms. The summed E-state index contributed by atoms with van der Waals surface area (Å²) in [5.41, 5.74) is 0. The molecule has 0 radical (unpaired) electrons. The molecular formula is C4H4ClN3. The topological polar surface area (TPSA) is 38.7 Å². The number of hydrogen-bond acceptors (Lipinski definition) is 3. The Labute approximate surface area is 56.0 Å². The van der Waals surface area contributed by atoms with Gasteiger partial charge in [-0.2, -0.15) is 0 Å². The molecule has 0 atom stereocenters. The molecule has 1 aromatic rings. The van der Waals surface area contributed by atoms with Crippen LogP contribution in [0.2, 0.25) is 5.28 Å². The molecule has 0 spiro atoms. The van der Waals surface area contributed by atoms with Crippen molar-refractivity contribution in [3.05, 3.63) is 17.4 Å². The normalized spacial score (nSPS) is 16.4. The maximum absolute atomic E-state index is 6.89. The van der Waals surface area contributed by atoms with Gasteiger partial charge < -0.3 is 0 Å². The molecule has 0 aliphatic rings. The summed E-state index contributed by atoms with van der Waals surface area (Å²) in [5.74, 6) is -0.280. The molecular weight excluding hydrogens is 126 g/mol. The molecule has 1 heterocycles. The van der Waals surface area contributed by atoms with Gasteiger partial charge in [0, 0.05) is 4.11 Å².